The van der Waals surface area contributed by atoms with E-state index in [2.05, 4.69) is 5.32 Å². The van der Waals surface area contributed by atoms with Gasteiger partial charge >= 0.3 is 5.97 Å². The van der Waals surface area contributed by atoms with Crippen molar-refractivity contribution in [1.29, 1.82) is 0 Å². The van der Waals surface area contributed by atoms with Gasteiger partial charge in [0.15, 0.2) is 0 Å². The molecule has 6 nitrogen and oxygen atoms in total. The van der Waals surface area contributed by atoms with Crippen LogP contribution in [0.2, 0.25) is 5.02 Å². The lowest BCUT2D eigenvalue weighted by Crippen LogP contribution is -2.41. The molecule has 0 saturated carbocycles. The average Bonchev–Trinajstić information content (AvgIpc) is 2.73. The highest BCUT2D eigenvalue weighted by atomic mass is 35.5. The Kier molecular flexibility index (Phi) is 4.93. The van der Waals surface area contributed by atoms with Crippen molar-refractivity contribution < 1.29 is 19.1 Å². The highest BCUT2D eigenvalue weighted by molar-refractivity contribution is 6.30. The van der Waals surface area contributed by atoms with Crippen molar-refractivity contribution in [3.63, 3.8) is 0 Å². The lowest BCUT2D eigenvalue weighted by molar-refractivity contribution is -0.142. The number of rotatable bonds is 5. The second-order valence-electron chi connectivity index (χ2n) is 4.49. The number of imide groups is 1. The summed E-state index contributed by atoms with van der Waals surface area (Å²) in [6, 6.07) is 5.71. The van der Waals surface area contributed by atoms with Crippen LogP contribution in [0.1, 0.15) is 13.3 Å². The standard InChI is InChI=1S/C14H15ClN2O4/c1-2-21-13(19)8-16-11-7-12(18)17(14(11)20)10-5-3-9(15)4-6-10/h3-6,11,16H,2,7-8H2,1H3/t11-/m1/s1. The minimum atomic E-state index is -0.711. The molecule has 1 aliphatic rings. The molecule has 2 rings (SSSR count). The second kappa shape index (κ2) is 6.69. The molecule has 0 spiro atoms. The number of anilines is 1. The molecule has 2 amide bonds. The highest BCUT2D eigenvalue weighted by Gasteiger charge is 2.39. The Labute approximate surface area is 127 Å². The predicted octanol–water partition coefficient (Wildman–Crippen LogP) is 1.12. The summed E-state index contributed by atoms with van der Waals surface area (Å²) in [5.74, 6) is -1.15. The topological polar surface area (TPSA) is 75.7 Å². The van der Waals surface area contributed by atoms with Gasteiger partial charge in [-0.1, -0.05) is 11.6 Å². The molecule has 1 aliphatic heterocycles. The summed E-state index contributed by atoms with van der Waals surface area (Å²) in [5.41, 5.74) is 0.467. The fourth-order valence-electron chi connectivity index (χ4n) is 2.07. The third kappa shape index (κ3) is 3.59. The van der Waals surface area contributed by atoms with E-state index in [0.717, 1.165) is 4.90 Å². The molecule has 1 aromatic rings. The number of hydrogen-bond acceptors (Lipinski definition) is 5. The van der Waals surface area contributed by atoms with Crippen molar-refractivity contribution in [1.82, 2.24) is 5.32 Å². The van der Waals surface area contributed by atoms with Gasteiger partial charge in [-0.15, -0.1) is 0 Å². The SMILES string of the molecule is CCOC(=O)CN[C@@H]1CC(=O)N(c2ccc(Cl)cc2)C1=O. The number of carbonyl (C=O) groups excluding carboxylic acids is 3. The fraction of sp³-hybridized carbons (Fsp3) is 0.357. The van der Waals surface area contributed by atoms with Gasteiger partial charge in [-0.2, -0.15) is 0 Å². The number of nitrogens with one attached hydrogen (secondary N) is 1. The first-order valence-electron chi connectivity index (χ1n) is 6.54. The van der Waals surface area contributed by atoms with E-state index in [1.54, 1.807) is 31.2 Å². The Morgan fingerprint density at radius 3 is 2.67 bits per heavy atom. The van der Waals surface area contributed by atoms with Crippen molar-refractivity contribution >= 4 is 35.1 Å². The van der Waals surface area contributed by atoms with Crippen LogP contribution in [-0.4, -0.2) is 37.0 Å². The maximum absolute atomic E-state index is 12.2. The largest absolute Gasteiger partial charge is 0.465 e. The van der Waals surface area contributed by atoms with Crippen LogP contribution < -0.4 is 10.2 Å². The molecule has 1 fully saturated rings. The van der Waals surface area contributed by atoms with Crippen LogP contribution in [0.15, 0.2) is 24.3 Å². The van der Waals surface area contributed by atoms with Gasteiger partial charge in [0.1, 0.15) is 0 Å². The quantitative estimate of drug-likeness (QED) is 0.651. The van der Waals surface area contributed by atoms with Gasteiger partial charge < -0.3 is 4.74 Å². The minimum absolute atomic E-state index is 0.0147. The number of esters is 1. The summed E-state index contributed by atoms with van der Waals surface area (Å²) < 4.78 is 4.76. The zero-order chi connectivity index (χ0) is 15.4. The van der Waals surface area contributed by atoms with Crippen LogP contribution >= 0.6 is 11.6 Å². The number of halogens is 1. The third-order valence-electron chi connectivity index (χ3n) is 3.03. The first-order valence-corrected chi connectivity index (χ1v) is 6.92. The van der Waals surface area contributed by atoms with Gasteiger partial charge in [0.2, 0.25) is 5.91 Å². The van der Waals surface area contributed by atoms with Gasteiger partial charge in [-0.05, 0) is 31.2 Å². The predicted molar refractivity (Wildman–Crippen MR) is 77.0 cm³/mol. The number of hydrogen-bond donors (Lipinski definition) is 1. The molecule has 7 heteroatoms. The lowest BCUT2D eigenvalue weighted by atomic mass is 10.2. The summed E-state index contributed by atoms with van der Waals surface area (Å²) in [5, 5.41) is 3.27. The fourth-order valence-corrected chi connectivity index (χ4v) is 2.20. The third-order valence-corrected chi connectivity index (χ3v) is 3.28. The maximum atomic E-state index is 12.2. The number of amides is 2. The Balaban J connectivity index is 2.03. The molecule has 0 aromatic heterocycles. The van der Waals surface area contributed by atoms with Crippen LogP contribution in [-0.2, 0) is 19.1 Å². The molecule has 0 radical (unpaired) electrons. The van der Waals surface area contributed by atoms with Crippen LogP contribution in [0.5, 0.6) is 0 Å². The van der Waals surface area contributed by atoms with E-state index < -0.39 is 12.0 Å². The van der Waals surface area contributed by atoms with Crippen LogP contribution in [0.25, 0.3) is 0 Å². The normalized spacial score (nSPS) is 18.2. The van der Waals surface area contributed by atoms with Crippen molar-refractivity contribution in [2.45, 2.75) is 19.4 Å². The Bertz CT molecular complexity index is 559. The smallest absolute Gasteiger partial charge is 0.319 e. The summed E-state index contributed by atoms with van der Waals surface area (Å²) in [7, 11) is 0. The van der Waals surface area contributed by atoms with Crippen LogP contribution in [0.4, 0.5) is 5.69 Å². The first kappa shape index (κ1) is 15.5. The number of nitrogens with zero attached hydrogens (tertiary/aromatic N) is 1. The van der Waals surface area contributed by atoms with Crippen molar-refractivity contribution in [2.24, 2.45) is 0 Å². The van der Waals surface area contributed by atoms with Crippen LogP contribution in [0.3, 0.4) is 0 Å². The van der Waals surface area contributed by atoms with E-state index in [0.29, 0.717) is 10.7 Å². The van der Waals surface area contributed by atoms with Gasteiger partial charge in [0, 0.05) is 5.02 Å². The molecule has 0 aliphatic carbocycles. The van der Waals surface area contributed by atoms with Crippen molar-refractivity contribution in [2.75, 3.05) is 18.1 Å². The van der Waals surface area contributed by atoms with E-state index in [1.807, 2.05) is 0 Å². The monoisotopic (exact) mass is 310 g/mol. The Morgan fingerprint density at radius 1 is 1.38 bits per heavy atom. The Hall–Kier alpha value is -1.92. The zero-order valence-corrected chi connectivity index (χ0v) is 12.2. The van der Waals surface area contributed by atoms with Gasteiger partial charge in [-0.25, -0.2) is 4.90 Å². The van der Waals surface area contributed by atoms with E-state index in [4.69, 9.17) is 16.3 Å². The minimum Gasteiger partial charge on any atom is -0.465 e. The second-order valence-corrected chi connectivity index (χ2v) is 4.92. The molecule has 1 N–H and O–H groups in total. The van der Waals surface area contributed by atoms with Gasteiger partial charge in [0.05, 0.1) is 31.3 Å². The highest BCUT2D eigenvalue weighted by Crippen LogP contribution is 2.24. The molecular formula is C14H15ClN2O4. The number of benzene rings is 1. The summed E-state index contributed by atoms with van der Waals surface area (Å²) in [4.78, 5) is 36.6. The summed E-state index contributed by atoms with van der Waals surface area (Å²) in [6.45, 7) is 1.87. The zero-order valence-electron chi connectivity index (χ0n) is 11.5. The lowest BCUT2D eigenvalue weighted by Gasteiger charge is -2.15. The maximum Gasteiger partial charge on any atom is 0.319 e. The molecule has 112 valence electrons. The molecule has 1 heterocycles. The molecule has 21 heavy (non-hydrogen) atoms. The van der Waals surface area contributed by atoms with E-state index in [1.165, 1.54) is 0 Å². The van der Waals surface area contributed by atoms with Crippen LogP contribution in [0, 0.1) is 0 Å². The van der Waals surface area contributed by atoms with Crippen molar-refractivity contribution in [3.8, 4) is 0 Å². The summed E-state index contributed by atoms with van der Waals surface area (Å²) in [6.07, 6.45) is 0.0147. The molecule has 1 atom stereocenters. The van der Waals surface area contributed by atoms with E-state index >= 15 is 0 Å². The number of ether oxygens (including phenoxy) is 1. The molecular weight excluding hydrogens is 296 g/mol. The Morgan fingerprint density at radius 2 is 2.05 bits per heavy atom. The van der Waals surface area contributed by atoms with E-state index in [-0.39, 0.29) is 31.4 Å². The summed E-state index contributed by atoms with van der Waals surface area (Å²) >= 11 is 5.78. The molecule has 1 aromatic carbocycles. The van der Waals surface area contributed by atoms with Gasteiger partial charge in [0.25, 0.3) is 5.91 Å². The van der Waals surface area contributed by atoms with Gasteiger partial charge in [-0.3, -0.25) is 19.7 Å². The average molecular weight is 311 g/mol. The number of carbonyl (C=O) groups is 3. The van der Waals surface area contributed by atoms with E-state index in [9.17, 15) is 14.4 Å². The molecule has 0 bridgehead atoms. The van der Waals surface area contributed by atoms with Crippen molar-refractivity contribution in [3.05, 3.63) is 29.3 Å². The molecule has 0 unspecified atom stereocenters. The molecule has 1 saturated heterocycles. The first-order chi connectivity index (χ1) is 10.0.